The second-order valence-corrected chi connectivity index (χ2v) is 4.36. The molecule has 2 rings (SSSR count). The summed E-state index contributed by atoms with van der Waals surface area (Å²) in [5, 5.41) is 11.2. The molecule has 19 heavy (non-hydrogen) atoms. The molecule has 1 aromatic heterocycles. The van der Waals surface area contributed by atoms with Crippen LogP contribution >= 0.6 is 0 Å². The molecule has 1 saturated heterocycles. The monoisotopic (exact) mass is 266 g/mol. The van der Waals surface area contributed by atoms with Crippen molar-refractivity contribution in [1.82, 2.24) is 4.57 Å². The minimum absolute atomic E-state index is 0.150. The number of aromatic nitrogens is 1. The normalized spacial score (nSPS) is 22.2. The van der Waals surface area contributed by atoms with Crippen LogP contribution < -0.4 is 10.9 Å². The molecule has 0 aromatic carbocycles. The molecule has 1 fully saturated rings. The van der Waals surface area contributed by atoms with Crippen LogP contribution in [0.15, 0.2) is 23.1 Å². The van der Waals surface area contributed by atoms with Crippen LogP contribution in [0.5, 0.6) is 0 Å². The summed E-state index contributed by atoms with van der Waals surface area (Å²) < 4.78 is 6.44. The third kappa shape index (κ3) is 2.82. The molecule has 7 heteroatoms. The van der Waals surface area contributed by atoms with Gasteiger partial charge in [-0.25, -0.2) is 4.79 Å². The smallest absolute Gasteiger partial charge is 0.332 e. The van der Waals surface area contributed by atoms with Gasteiger partial charge in [-0.2, -0.15) is 0 Å². The van der Waals surface area contributed by atoms with Crippen molar-refractivity contribution in [1.29, 1.82) is 0 Å². The van der Waals surface area contributed by atoms with Gasteiger partial charge in [-0.1, -0.05) is 0 Å². The second kappa shape index (κ2) is 5.23. The van der Waals surface area contributed by atoms with Crippen molar-refractivity contribution >= 4 is 17.6 Å². The van der Waals surface area contributed by atoms with Gasteiger partial charge >= 0.3 is 5.97 Å². The summed E-state index contributed by atoms with van der Waals surface area (Å²) in [5.41, 5.74) is -0.180. The molecule has 102 valence electrons. The second-order valence-electron chi connectivity index (χ2n) is 4.36. The summed E-state index contributed by atoms with van der Waals surface area (Å²) in [4.78, 5) is 34.3. The minimum Gasteiger partial charge on any atom is -0.479 e. The fraction of sp³-hybridized carbons (Fsp3) is 0.417. The quantitative estimate of drug-likeness (QED) is 0.799. The maximum Gasteiger partial charge on any atom is 0.332 e. The highest BCUT2D eigenvalue weighted by Crippen LogP contribution is 2.20. The van der Waals surface area contributed by atoms with Crippen molar-refractivity contribution in [3.8, 4) is 0 Å². The molecular formula is C12H14N2O5. The molecule has 0 bridgehead atoms. The SMILES string of the molecule is Cn1cccc(NC(=O)[C@@H]2CC[C@H](C(=O)O)O2)c1=O. The first-order chi connectivity index (χ1) is 8.99. The minimum atomic E-state index is -1.08. The van der Waals surface area contributed by atoms with E-state index in [2.05, 4.69) is 5.32 Å². The Morgan fingerprint density at radius 3 is 2.74 bits per heavy atom. The first-order valence-corrected chi connectivity index (χ1v) is 5.84. The molecule has 1 amide bonds. The summed E-state index contributed by atoms with van der Waals surface area (Å²) >= 11 is 0. The number of carbonyl (C=O) groups excluding carboxylic acids is 1. The molecule has 1 aromatic rings. The molecular weight excluding hydrogens is 252 g/mol. The Morgan fingerprint density at radius 2 is 2.11 bits per heavy atom. The van der Waals surface area contributed by atoms with Crippen LogP contribution in [0.3, 0.4) is 0 Å². The average Bonchev–Trinajstić information content (AvgIpc) is 2.84. The number of carboxylic acids is 1. The van der Waals surface area contributed by atoms with E-state index in [-0.39, 0.29) is 11.2 Å². The van der Waals surface area contributed by atoms with Gasteiger partial charge in [0.2, 0.25) is 0 Å². The predicted molar refractivity (Wildman–Crippen MR) is 65.8 cm³/mol. The Kier molecular flexibility index (Phi) is 3.66. The number of carbonyl (C=O) groups is 2. The molecule has 0 radical (unpaired) electrons. The number of anilines is 1. The molecule has 2 heterocycles. The molecule has 0 aliphatic carbocycles. The van der Waals surface area contributed by atoms with Gasteiger partial charge in [-0.05, 0) is 25.0 Å². The first-order valence-electron chi connectivity index (χ1n) is 5.84. The number of amides is 1. The number of nitrogens with zero attached hydrogens (tertiary/aromatic N) is 1. The average molecular weight is 266 g/mol. The van der Waals surface area contributed by atoms with Gasteiger partial charge in [-0.3, -0.25) is 9.59 Å². The number of hydrogen-bond acceptors (Lipinski definition) is 4. The maximum atomic E-state index is 11.9. The lowest BCUT2D eigenvalue weighted by atomic mass is 10.2. The zero-order chi connectivity index (χ0) is 14.0. The molecule has 1 aliphatic heterocycles. The van der Waals surface area contributed by atoms with E-state index in [1.54, 1.807) is 19.3 Å². The third-order valence-electron chi connectivity index (χ3n) is 2.97. The Labute approximate surface area is 108 Å². The van der Waals surface area contributed by atoms with Gasteiger partial charge in [0.1, 0.15) is 11.8 Å². The summed E-state index contributed by atoms with van der Waals surface area (Å²) in [6.07, 6.45) is 0.418. The highest BCUT2D eigenvalue weighted by Gasteiger charge is 2.34. The van der Waals surface area contributed by atoms with Crippen LogP contribution in [0, 0.1) is 0 Å². The van der Waals surface area contributed by atoms with Crippen LogP contribution in [-0.2, 0) is 21.4 Å². The number of aliphatic carboxylic acids is 1. The summed E-state index contributed by atoms with van der Waals surface area (Å²) in [6, 6.07) is 3.12. The van der Waals surface area contributed by atoms with Gasteiger partial charge in [0.05, 0.1) is 0 Å². The van der Waals surface area contributed by atoms with Crippen LogP contribution in [-0.4, -0.2) is 33.8 Å². The number of aryl methyl sites for hydroxylation is 1. The van der Waals surface area contributed by atoms with E-state index in [1.807, 2.05) is 0 Å². The van der Waals surface area contributed by atoms with Crippen molar-refractivity contribution in [2.24, 2.45) is 7.05 Å². The van der Waals surface area contributed by atoms with E-state index in [0.29, 0.717) is 12.8 Å². The zero-order valence-electron chi connectivity index (χ0n) is 10.3. The lowest BCUT2D eigenvalue weighted by Gasteiger charge is -2.11. The van der Waals surface area contributed by atoms with Crippen LogP contribution in [0.1, 0.15) is 12.8 Å². The van der Waals surface area contributed by atoms with E-state index >= 15 is 0 Å². The zero-order valence-corrected chi connectivity index (χ0v) is 10.3. The molecule has 2 N–H and O–H groups in total. The maximum absolute atomic E-state index is 11.9. The molecule has 1 aliphatic rings. The molecule has 2 atom stereocenters. The lowest BCUT2D eigenvalue weighted by Crippen LogP contribution is -2.32. The number of carboxylic acid groups (broad SMARTS) is 1. The van der Waals surface area contributed by atoms with Crippen molar-refractivity contribution in [2.75, 3.05) is 5.32 Å². The summed E-state index contributed by atoms with van der Waals surface area (Å²) in [5.74, 6) is -1.57. The Hall–Kier alpha value is -2.15. The van der Waals surface area contributed by atoms with E-state index in [4.69, 9.17) is 9.84 Å². The van der Waals surface area contributed by atoms with Crippen molar-refractivity contribution in [2.45, 2.75) is 25.0 Å². The largest absolute Gasteiger partial charge is 0.479 e. The van der Waals surface area contributed by atoms with E-state index in [9.17, 15) is 14.4 Å². The highest BCUT2D eigenvalue weighted by atomic mass is 16.5. The van der Waals surface area contributed by atoms with Gasteiger partial charge in [0.15, 0.2) is 6.10 Å². The van der Waals surface area contributed by atoms with Crippen LogP contribution in [0.4, 0.5) is 5.69 Å². The third-order valence-corrected chi connectivity index (χ3v) is 2.97. The van der Waals surface area contributed by atoms with Crippen LogP contribution in [0.2, 0.25) is 0 Å². The number of ether oxygens (including phenoxy) is 1. The highest BCUT2D eigenvalue weighted by molar-refractivity contribution is 5.94. The molecule has 0 spiro atoms. The number of pyridine rings is 1. The summed E-state index contributed by atoms with van der Waals surface area (Å²) in [7, 11) is 1.57. The standard InChI is InChI=1S/C12H14N2O5/c1-14-6-2-3-7(11(14)16)13-10(15)8-4-5-9(19-8)12(17)18/h2-3,6,8-9H,4-5H2,1H3,(H,13,15)(H,17,18)/t8-,9+/m0/s1. The first kappa shape index (κ1) is 13.3. The summed E-state index contributed by atoms with van der Waals surface area (Å²) in [6.45, 7) is 0. The van der Waals surface area contributed by atoms with Gasteiger partial charge in [0.25, 0.3) is 11.5 Å². The topological polar surface area (TPSA) is 97.6 Å². The van der Waals surface area contributed by atoms with Gasteiger partial charge in [0, 0.05) is 13.2 Å². The van der Waals surface area contributed by atoms with Crippen LogP contribution in [0.25, 0.3) is 0 Å². The van der Waals surface area contributed by atoms with E-state index < -0.39 is 24.1 Å². The van der Waals surface area contributed by atoms with Gasteiger partial charge in [-0.15, -0.1) is 0 Å². The Bertz CT molecular complexity index is 565. The van der Waals surface area contributed by atoms with Crippen molar-refractivity contribution in [3.05, 3.63) is 28.7 Å². The Morgan fingerprint density at radius 1 is 1.42 bits per heavy atom. The molecule has 0 saturated carbocycles. The fourth-order valence-corrected chi connectivity index (χ4v) is 1.92. The van der Waals surface area contributed by atoms with Crippen molar-refractivity contribution < 1.29 is 19.4 Å². The number of rotatable bonds is 3. The van der Waals surface area contributed by atoms with Gasteiger partial charge < -0.3 is 19.7 Å². The fourth-order valence-electron chi connectivity index (χ4n) is 1.92. The number of nitrogens with one attached hydrogen (secondary N) is 1. The predicted octanol–water partition coefficient (Wildman–Crippen LogP) is -0.0440. The number of hydrogen-bond donors (Lipinski definition) is 2. The molecule has 0 unspecified atom stereocenters. The van der Waals surface area contributed by atoms with Crippen molar-refractivity contribution in [3.63, 3.8) is 0 Å². The Balaban J connectivity index is 2.04. The van der Waals surface area contributed by atoms with E-state index in [1.165, 1.54) is 10.6 Å². The lowest BCUT2D eigenvalue weighted by molar-refractivity contribution is -0.150. The van der Waals surface area contributed by atoms with E-state index in [0.717, 1.165) is 0 Å². The molecule has 7 nitrogen and oxygen atoms in total.